The molecule has 0 bridgehead atoms. The molecule has 0 saturated carbocycles. The third-order valence-electron chi connectivity index (χ3n) is 4.06. The van der Waals surface area contributed by atoms with Gasteiger partial charge < -0.3 is 9.84 Å². The standard InChI is InChI=1S/C20H18O.C4H10O.Li/c21-20-18(14-16-8-3-1-4-9-16)12-7-13-19(20)15-17-10-5-2-6-11-17;1-3-5-4-2;/h1-13,21H,14-15H2;3-4H2,1-2H3;/q;;+1/p-1. The van der Waals surface area contributed by atoms with Crippen LogP contribution in [-0.2, 0) is 17.6 Å². The smallest absolute Gasteiger partial charge is 0.872 e. The predicted octanol–water partition coefficient (Wildman–Crippen LogP) is 1.99. The summed E-state index contributed by atoms with van der Waals surface area (Å²) < 4.78 is 4.83. The fourth-order valence-corrected chi connectivity index (χ4v) is 2.75. The summed E-state index contributed by atoms with van der Waals surface area (Å²) in [4.78, 5) is 0. The van der Waals surface area contributed by atoms with E-state index in [0.29, 0.717) is 12.8 Å². The topological polar surface area (TPSA) is 32.3 Å². The molecule has 2 nitrogen and oxygen atoms in total. The van der Waals surface area contributed by atoms with Crippen molar-refractivity contribution >= 4 is 0 Å². The minimum Gasteiger partial charge on any atom is -0.872 e. The molecule has 27 heavy (non-hydrogen) atoms. The van der Waals surface area contributed by atoms with Gasteiger partial charge in [-0.15, -0.1) is 5.75 Å². The number of benzene rings is 3. The van der Waals surface area contributed by atoms with Crippen molar-refractivity contribution in [3.8, 4) is 5.75 Å². The number of ether oxygens (including phenoxy) is 1. The summed E-state index contributed by atoms with van der Waals surface area (Å²) in [5.74, 6) is 0.171. The van der Waals surface area contributed by atoms with Gasteiger partial charge in [0.1, 0.15) is 0 Å². The summed E-state index contributed by atoms with van der Waals surface area (Å²) in [6, 6.07) is 26.1. The van der Waals surface area contributed by atoms with Crippen molar-refractivity contribution in [1.29, 1.82) is 0 Å². The molecule has 0 saturated heterocycles. The van der Waals surface area contributed by atoms with Crippen LogP contribution in [0.25, 0.3) is 0 Å². The van der Waals surface area contributed by atoms with Crippen LogP contribution in [0.1, 0.15) is 36.1 Å². The van der Waals surface area contributed by atoms with Crippen LogP contribution in [0.5, 0.6) is 5.75 Å². The van der Waals surface area contributed by atoms with Crippen LogP contribution in [0.2, 0.25) is 0 Å². The van der Waals surface area contributed by atoms with Crippen molar-refractivity contribution in [2.75, 3.05) is 13.2 Å². The molecule has 0 unspecified atom stereocenters. The zero-order valence-electron chi connectivity index (χ0n) is 16.7. The summed E-state index contributed by atoms with van der Waals surface area (Å²) in [6.07, 6.45) is 1.39. The molecule has 0 atom stereocenters. The molecule has 0 aliphatic rings. The van der Waals surface area contributed by atoms with E-state index in [0.717, 1.165) is 24.3 Å². The average molecular weight is 354 g/mol. The summed E-state index contributed by atoms with van der Waals surface area (Å²) in [5, 5.41) is 12.6. The quantitative estimate of drug-likeness (QED) is 0.634. The van der Waals surface area contributed by atoms with Gasteiger partial charge in [0.2, 0.25) is 0 Å². The van der Waals surface area contributed by atoms with Gasteiger partial charge in [-0.25, -0.2) is 0 Å². The zero-order valence-corrected chi connectivity index (χ0v) is 16.7. The molecule has 0 heterocycles. The van der Waals surface area contributed by atoms with Crippen molar-refractivity contribution in [3.05, 3.63) is 101 Å². The molecule has 0 aliphatic carbocycles. The third-order valence-corrected chi connectivity index (χ3v) is 4.06. The monoisotopic (exact) mass is 354 g/mol. The predicted molar refractivity (Wildman–Crippen MR) is 107 cm³/mol. The number of para-hydroxylation sites is 1. The van der Waals surface area contributed by atoms with Gasteiger partial charge in [0.05, 0.1) is 0 Å². The van der Waals surface area contributed by atoms with Gasteiger partial charge in [-0.05, 0) is 37.8 Å². The summed E-state index contributed by atoms with van der Waals surface area (Å²) in [7, 11) is 0. The molecule has 0 fully saturated rings. The molecule has 136 valence electrons. The maximum absolute atomic E-state index is 12.6. The van der Waals surface area contributed by atoms with E-state index in [2.05, 4.69) is 24.3 Å². The second-order valence-corrected chi connectivity index (χ2v) is 6.01. The Balaban J connectivity index is 0.000000542. The summed E-state index contributed by atoms with van der Waals surface area (Å²) in [6.45, 7) is 5.67. The fourth-order valence-electron chi connectivity index (χ4n) is 2.75. The van der Waals surface area contributed by atoms with E-state index in [1.165, 1.54) is 11.1 Å². The molecule has 0 N–H and O–H groups in total. The van der Waals surface area contributed by atoms with Crippen LogP contribution in [-0.4, -0.2) is 13.2 Å². The first-order chi connectivity index (χ1) is 12.7. The summed E-state index contributed by atoms with van der Waals surface area (Å²) >= 11 is 0. The number of hydrogen-bond acceptors (Lipinski definition) is 2. The van der Waals surface area contributed by atoms with Gasteiger partial charge >= 0.3 is 18.9 Å². The van der Waals surface area contributed by atoms with Crippen molar-refractivity contribution in [2.24, 2.45) is 0 Å². The Morgan fingerprint density at radius 1 is 0.630 bits per heavy atom. The van der Waals surface area contributed by atoms with E-state index in [1.54, 1.807) is 0 Å². The molecule has 0 aliphatic heterocycles. The normalized spacial score (nSPS) is 9.70. The Morgan fingerprint density at radius 2 is 1.04 bits per heavy atom. The average Bonchev–Trinajstić information content (AvgIpc) is 2.68. The molecule has 0 aromatic heterocycles. The van der Waals surface area contributed by atoms with E-state index < -0.39 is 0 Å². The van der Waals surface area contributed by atoms with Gasteiger partial charge in [0, 0.05) is 13.2 Å². The maximum Gasteiger partial charge on any atom is 1.00 e. The van der Waals surface area contributed by atoms with Crippen molar-refractivity contribution in [2.45, 2.75) is 26.7 Å². The molecular weight excluding hydrogens is 327 g/mol. The number of hydrogen-bond donors (Lipinski definition) is 0. The van der Waals surface area contributed by atoms with E-state index in [-0.39, 0.29) is 24.6 Å². The Hall–Kier alpha value is -1.98. The van der Waals surface area contributed by atoms with Gasteiger partial charge in [-0.2, -0.15) is 0 Å². The Kier molecular flexibility index (Phi) is 11.3. The molecule has 3 aromatic carbocycles. The minimum atomic E-state index is 0. The Morgan fingerprint density at radius 3 is 1.37 bits per heavy atom. The van der Waals surface area contributed by atoms with Gasteiger partial charge in [-0.1, -0.05) is 90.0 Å². The largest absolute Gasteiger partial charge is 1.00 e. The Bertz CT molecular complexity index is 696. The molecule has 3 rings (SSSR count). The van der Waals surface area contributed by atoms with Gasteiger partial charge in [0.15, 0.2) is 0 Å². The van der Waals surface area contributed by atoms with Crippen LogP contribution >= 0.6 is 0 Å². The van der Waals surface area contributed by atoms with E-state index >= 15 is 0 Å². The van der Waals surface area contributed by atoms with Crippen LogP contribution in [0.4, 0.5) is 0 Å². The second kappa shape index (κ2) is 13.2. The summed E-state index contributed by atoms with van der Waals surface area (Å²) in [5.41, 5.74) is 4.09. The first kappa shape index (κ1) is 23.1. The molecule has 3 heteroatoms. The molecular formula is C24H27LiO2. The second-order valence-electron chi connectivity index (χ2n) is 6.01. The van der Waals surface area contributed by atoms with Crippen LogP contribution in [0.15, 0.2) is 78.9 Å². The maximum atomic E-state index is 12.6. The van der Waals surface area contributed by atoms with Crippen LogP contribution in [0.3, 0.4) is 0 Å². The zero-order chi connectivity index (χ0) is 18.6. The van der Waals surface area contributed by atoms with Crippen molar-refractivity contribution in [3.63, 3.8) is 0 Å². The third kappa shape index (κ3) is 8.06. The van der Waals surface area contributed by atoms with E-state index in [4.69, 9.17) is 4.74 Å². The van der Waals surface area contributed by atoms with Crippen molar-refractivity contribution in [1.82, 2.24) is 0 Å². The minimum absolute atomic E-state index is 0. The SMILES string of the molecule is CCOCC.[Li+].[O-]c1c(Cc2ccccc2)cccc1Cc1ccccc1. The molecule has 0 spiro atoms. The van der Waals surface area contributed by atoms with Crippen LogP contribution < -0.4 is 24.0 Å². The van der Waals surface area contributed by atoms with Crippen LogP contribution in [0, 0.1) is 0 Å². The first-order valence-electron chi connectivity index (χ1n) is 9.18. The fraction of sp³-hybridized carbons (Fsp3) is 0.250. The van der Waals surface area contributed by atoms with Crippen molar-refractivity contribution < 1.29 is 28.7 Å². The molecule has 3 aromatic rings. The Labute approximate surface area is 175 Å². The molecule has 0 radical (unpaired) electrons. The van der Waals surface area contributed by atoms with E-state index in [1.807, 2.05) is 68.4 Å². The van der Waals surface area contributed by atoms with Gasteiger partial charge in [-0.3, -0.25) is 0 Å². The van der Waals surface area contributed by atoms with Gasteiger partial charge in [0.25, 0.3) is 0 Å². The van der Waals surface area contributed by atoms with E-state index in [9.17, 15) is 5.11 Å². The first-order valence-corrected chi connectivity index (χ1v) is 9.18. The number of rotatable bonds is 6. The molecule has 0 amide bonds.